The maximum absolute atomic E-state index is 14.2. The van der Waals surface area contributed by atoms with Gasteiger partial charge in [0.2, 0.25) is 0 Å². The van der Waals surface area contributed by atoms with Crippen LogP contribution in [0.25, 0.3) is 56.1 Å². The number of aromatic nitrogens is 17. The smallest absolute Gasteiger partial charge is 0.172 e. The summed E-state index contributed by atoms with van der Waals surface area (Å²) < 4.78 is 24.9. The summed E-state index contributed by atoms with van der Waals surface area (Å²) in [7, 11) is 4.11. The van der Waals surface area contributed by atoms with Gasteiger partial charge in [0.15, 0.2) is 22.6 Å². The molecule has 108 heavy (non-hydrogen) atoms. The Balaban J connectivity index is 0.000000121. The number of nitrogens with zero attached hydrogens (tertiary/aromatic N) is 17. The topological polar surface area (TPSA) is 304 Å². The molecule has 0 spiro atoms. The Morgan fingerprint density at radius 1 is 0.463 bits per heavy atom. The van der Waals surface area contributed by atoms with Crippen LogP contribution < -0.4 is 38.1 Å². The van der Waals surface area contributed by atoms with Crippen molar-refractivity contribution in [2.45, 2.75) is 102 Å². The highest BCUT2D eigenvalue weighted by atomic mass is 79.9. The minimum Gasteiger partial charge on any atom is -0.384 e. The number of anilines is 7. The van der Waals surface area contributed by atoms with Gasteiger partial charge in [0.05, 0.1) is 71.4 Å². The quantitative estimate of drug-likeness (QED) is 0.0352. The predicted octanol–water partition coefficient (Wildman–Crippen LogP) is 17.2. The molecule has 17 rings (SSSR count). The van der Waals surface area contributed by atoms with E-state index in [0.717, 1.165) is 122 Å². The zero-order valence-electron chi connectivity index (χ0n) is 59.4. The van der Waals surface area contributed by atoms with E-state index in [-0.39, 0.29) is 5.82 Å². The fraction of sp³-hybridized carbons (Fsp3) is 0.256. The van der Waals surface area contributed by atoms with Crippen LogP contribution in [0.15, 0.2) is 201 Å². The van der Waals surface area contributed by atoms with Crippen molar-refractivity contribution in [1.82, 2.24) is 88.2 Å². The standard InChI is InChI=1S/C22H24BrN7.C20H21BrN6.C18H14BrFN6.C18H21BrN6/c1-29(2)11-10-24-20-9-8-16(13-25-20)14-26-21-12-19(17-6-4-3-5-7-17)28-22-18(23)15-27-30(21)22;21-15-11-25-27-19(9-17(26-20(15)27)14-4-2-1-3-5-14)22-10-13-6-7-16-18(8-13)24-12-23-16;19-13-10-24-26-17(23-9-11-5-6-22-16(21)7-11)8-15(25-18(13)26)12-3-1-2-4-14(12)20;19-14-11-23-25-17(22-10-12-6-7-21-16(20)8-12)9-15(24-18(14)25)13-4-2-1-3-5-13/h3-9,12-13,15,26H,10-11,14H2,1-2H3,(H,24,25);6-9,11-12,14,22H,1-5,10H2,(H,23,24);1-8,10,23H,9H2,(H2,21,22);6-9,11,13,22H,1-5,10H2,(H2,20,21). The van der Waals surface area contributed by atoms with Crippen molar-refractivity contribution >= 4 is 138 Å². The van der Waals surface area contributed by atoms with Crippen molar-refractivity contribution in [3.63, 3.8) is 0 Å². The molecule has 3 aromatic carbocycles. The minimum atomic E-state index is -0.326. The Kier molecular flexibility index (Phi) is 24.1. The first kappa shape index (κ1) is 74.3. The average Bonchev–Trinajstić information content (AvgIpc) is 1.54. The van der Waals surface area contributed by atoms with Crippen LogP contribution >= 0.6 is 63.7 Å². The zero-order chi connectivity index (χ0) is 74.5. The van der Waals surface area contributed by atoms with E-state index < -0.39 is 0 Å². The van der Waals surface area contributed by atoms with E-state index in [4.69, 9.17) is 26.4 Å². The third-order valence-corrected chi connectivity index (χ3v) is 21.0. The number of rotatable bonds is 20. The van der Waals surface area contributed by atoms with E-state index in [1.54, 1.807) is 76.7 Å². The lowest BCUT2D eigenvalue weighted by molar-refractivity contribution is 0.425. The molecule has 0 atom stereocenters. The van der Waals surface area contributed by atoms with Crippen molar-refractivity contribution in [2.75, 3.05) is 65.2 Å². The Morgan fingerprint density at radius 3 is 1.43 bits per heavy atom. The van der Waals surface area contributed by atoms with E-state index >= 15 is 0 Å². The maximum Gasteiger partial charge on any atom is 0.172 e. The fourth-order valence-electron chi connectivity index (χ4n) is 13.2. The molecular formula is C78H80Br4FN25. The van der Waals surface area contributed by atoms with Crippen molar-refractivity contribution < 1.29 is 4.39 Å². The van der Waals surface area contributed by atoms with Gasteiger partial charge in [-0.05, 0) is 180 Å². The van der Waals surface area contributed by atoms with Gasteiger partial charge in [0.25, 0.3) is 0 Å². The van der Waals surface area contributed by atoms with Crippen molar-refractivity contribution in [3.8, 4) is 22.5 Å². The summed E-state index contributed by atoms with van der Waals surface area (Å²) in [4.78, 5) is 41.2. The molecule has 15 aromatic rings. The monoisotopic (exact) mass is 1700 g/mol. The molecule has 0 aliphatic heterocycles. The fourth-order valence-corrected chi connectivity index (χ4v) is 14.6. The summed E-state index contributed by atoms with van der Waals surface area (Å²) in [6.07, 6.45) is 26.8. The van der Waals surface area contributed by atoms with E-state index in [2.05, 4.69) is 202 Å². The molecule has 12 heterocycles. The van der Waals surface area contributed by atoms with Crippen LogP contribution in [0.3, 0.4) is 0 Å². The van der Waals surface area contributed by atoms with Gasteiger partial charge in [-0.25, -0.2) is 44.3 Å². The second kappa shape index (κ2) is 35.0. The lowest BCUT2D eigenvalue weighted by Crippen LogP contribution is -2.21. The normalized spacial score (nSPS) is 13.3. The molecule has 0 radical (unpaired) electrons. The van der Waals surface area contributed by atoms with Crippen molar-refractivity contribution in [1.29, 1.82) is 0 Å². The largest absolute Gasteiger partial charge is 0.384 e. The molecule has 2 aliphatic rings. The first-order chi connectivity index (χ1) is 52.7. The number of nitrogens with one attached hydrogen (secondary N) is 6. The summed E-state index contributed by atoms with van der Waals surface area (Å²) in [5, 5.41) is 34.8. The van der Waals surface area contributed by atoms with Crippen LogP contribution in [0.1, 0.15) is 110 Å². The number of nitrogen functional groups attached to an aromatic ring is 2. The van der Waals surface area contributed by atoms with Gasteiger partial charge >= 0.3 is 0 Å². The number of fused-ring (bicyclic) bond motifs is 5. The van der Waals surface area contributed by atoms with Gasteiger partial charge in [-0.2, -0.15) is 38.5 Å². The number of pyridine rings is 3. The van der Waals surface area contributed by atoms with Crippen molar-refractivity contribution in [3.05, 3.63) is 241 Å². The van der Waals surface area contributed by atoms with Gasteiger partial charge in [0.1, 0.15) is 46.5 Å². The number of hydrogen-bond acceptors (Lipinski definition) is 20. The second-order valence-corrected chi connectivity index (χ2v) is 30.2. The Labute approximate surface area is 656 Å². The van der Waals surface area contributed by atoms with E-state index in [0.29, 0.717) is 65.8 Å². The molecule has 2 aliphatic carbocycles. The third kappa shape index (κ3) is 18.4. The first-order valence-corrected chi connectivity index (χ1v) is 39.0. The number of nitrogens with two attached hydrogens (primary N) is 2. The summed E-state index contributed by atoms with van der Waals surface area (Å²) >= 11 is 14.1. The molecule has 0 bridgehead atoms. The lowest BCUT2D eigenvalue weighted by Gasteiger charge is -2.22. The molecule has 2 saturated carbocycles. The summed E-state index contributed by atoms with van der Waals surface area (Å²) in [5.41, 5.74) is 26.2. The Bertz CT molecular complexity index is 5540. The van der Waals surface area contributed by atoms with Crippen LogP contribution in [0, 0.1) is 5.82 Å². The van der Waals surface area contributed by atoms with Crippen LogP contribution in [-0.4, -0.2) is 115 Å². The predicted molar refractivity (Wildman–Crippen MR) is 439 cm³/mol. The number of imidazole rings is 1. The molecule has 10 N–H and O–H groups in total. The summed E-state index contributed by atoms with van der Waals surface area (Å²) in [6.45, 7) is 4.36. The van der Waals surface area contributed by atoms with Gasteiger partial charge in [-0.3, -0.25) is 0 Å². The zero-order valence-corrected chi connectivity index (χ0v) is 65.8. The highest BCUT2D eigenvalue weighted by Gasteiger charge is 2.23. The molecule has 30 heteroatoms. The second-order valence-electron chi connectivity index (χ2n) is 26.7. The number of hydrogen-bond donors (Lipinski definition) is 8. The first-order valence-electron chi connectivity index (χ1n) is 35.8. The van der Waals surface area contributed by atoms with Gasteiger partial charge in [-0.15, -0.1) is 0 Å². The molecule has 0 saturated heterocycles. The number of H-pyrrole nitrogens is 1. The van der Waals surface area contributed by atoms with E-state index in [1.165, 1.54) is 81.5 Å². The van der Waals surface area contributed by atoms with Crippen molar-refractivity contribution in [2.24, 2.45) is 0 Å². The number of aromatic amines is 1. The van der Waals surface area contributed by atoms with Crippen LogP contribution in [0.5, 0.6) is 0 Å². The SMILES string of the molecule is Brc1cnn2c(NCc3ccc4nc[nH]c4c3)cc(C3CCCCC3)nc12.CN(C)CCNc1ccc(CNc2cc(-c3ccccc3)nc3c(Br)cnn23)cn1.Nc1cc(CNc2cc(-c3ccccc3F)nc3c(Br)cnn23)ccn1.Nc1cc(CNc2cc(C3CCCCC3)nc3c(Br)cnn23)ccn1. The molecule has 0 unspecified atom stereocenters. The molecule has 2 fully saturated rings. The highest BCUT2D eigenvalue weighted by molar-refractivity contribution is 9.11. The average molecular weight is 1710 g/mol. The highest BCUT2D eigenvalue weighted by Crippen LogP contribution is 2.37. The lowest BCUT2D eigenvalue weighted by atomic mass is 9.87. The molecule has 552 valence electrons. The van der Waals surface area contributed by atoms with Gasteiger partial charge in [0, 0.05) is 116 Å². The maximum atomic E-state index is 14.2. The Morgan fingerprint density at radius 2 is 0.926 bits per heavy atom. The molecule has 12 aromatic heterocycles. The van der Waals surface area contributed by atoms with Crippen LogP contribution in [-0.2, 0) is 26.2 Å². The minimum absolute atomic E-state index is 0.326. The van der Waals surface area contributed by atoms with Gasteiger partial charge < -0.3 is 47.9 Å². The van der Waals surface area contributed by atoms with E-state index in [1.807, 2.05) is 76.0 Å². The molecular weight excluding hydrogens is 1630 g/mol. The summed E-state index contributed by atoms with van der Waals surface area (Å²) in [5.74, 6) is 6.13. The van der Waals surface area contributed by atoms with Crippen LogP contribution in [0.4, 0.5) is 45.1 Å². The summed E-state index contributed by atoms with van der Waals surface area (Å²) in [6, 6.07) is 42.7. The van der Waals surface area contributed by atoms with Crippen LogP contribution in [0.2, 0.25) is 0 Å². The van der Waals surface area contributed by atoms with E-state index in [9.17, 15) is 4.39 Å². The molecule has 25 nitrogen and oxygen atoms in total. The van der Waals surface area contributed by atoms with Gasteiger partial charge in [-0.1, -0.05) is 93.1 Å². The number of likely N-dealkylation sites (N-methyl/N-ethyl adjacent to an activating group) is 1. The Hall–Kier alpha value is -10.5. The number of halogens is 5. The number of benzene rings is 3. The third-order valence-electron chi connectivity index (χ3n) is 18.8. The molecule has 0 amide bonds.